The van der Waals surface area contributed by atoms with Crippen molar-refractivity contribution < 1.29 is 9.18 Å². The number of para-hydroxylation sites is 1. The first kappa shape index (κ1) is 18.3. The smallest absolute Gasteiger partial charge is 0.212 e. The lowest BCUT2D eigenvalue weighted by Gasteiger charge is -2.06. The van der Waals surface area contributed by atoms with Crippen LogP contribution in [-0.4, -0.2) is 21.1 Å². The van der Waals surface area contributed by atoms with Crippen molar-refractivity contribution >= 4 is 33.9 Å². The fraction of sp³-hybridized carbons (Fsp3) is 0.136. The first-order valence-electron chi connectivity index (χ1n) is 8.95. The number of rotatable bonds is 5. The van der Waals surface area contributed by atoms with Crippen molar-refractivity contribution in [3.8, 4) is 16.4 Å². The fourth-order valence-electron chi connectivity index (χ4n) is 3.15. The van der Waals surface area contributed by atoms with Crippen LogP contribution in [0.2, 0.25) is 0 Å². The van der Waals surface area contributed by atoms with Crippen molar-refractivity contribution in [1.82, 2.24) is 14.8 Å². The Morgan fingerprint density at radius 1 is 1.11 bits per heavy atom. The van der Waals surface area contributed by atoms with Gasteiger partial charge in [-0.05, 0) is 54.5 Å². The van der Waals surface area contributed by atoms with E-state index < -0.39 is 0 Å². The van der Waals surface area contributed by atoms with Crippen LogP contribution in [0.1, 0.15) is 31.0 Å². The van der Waals surface area contributed by atoms with Gasteiger partial charge in [-0.15, -0.1) is 0 Å². The first-order chi connectivity index (χ1) is 13.6. The van der Waals surface area contributed by atoms with E-state index in [0.717, 1.165) is 44.1 Å². The van der Waals surface area contributed by atoms with E-state index in [9.17, 15) is 9.18 Å². The molecule has 0 aliphatic rings. The Balaban J connectivity index is 2.02. The predicted molar refractivity (Wildman–Crippen MR) is 111 cm³/mol. The number of hydrogen-bond acceptors (Lipinski definition) is 4. The summed E-state index contributed by atoms with van der Waals surface area (Å²) in [5.41, 5.74) is 4.20. The Bertz CT molecular complexity index is 1140. The van der Waals surface area contributed by atoms with Crippen molar-refractivity contribution in [2.45, 2.75) is 19.8 Å². The maximum absolute atomic E-state index is 13.5. The Morgan fingerprint density at radius 3 is 2.54 bits per heavy atom. The normalized spacial score (nSPS) is 11.7. The quantitative estimate of drug-likeness (QED) is 0.327. The highest BCUT2D eigenvalue weighted by Crippen LogP contribution is 2.35. The third kappa shape index (κ3) is 3.27. The predicted octanol–water partition coefficient (Wildman–Crippen LogP) is 5.62. The highest BCUT2D eigenvalue weighted by Gasteiger charge is 2.22. The number of halogens is 1. The largest absolute Gasteiger partial charge is 0.299 e. The van der Waals surface area contributed by atoms with Crippen molar-refractivity contribution in [2.24, 2.45) is 0 Å². The van der Waals surface area contributed by atoms with Gasteiger partial charge in [0.2, 0.25) is 5.13 Å². The van der Waals surface area contributed by atoms with E-state index in [1.807, 2.05) is 24.3 Å². The number of carbonyl (C=O) groups excluding carboxylic acids is 1. The minimum atomic E-state index is -0.302. The van der Waals surface area contributed by atoms with Crippen LogP contribution in [-0.2, 0) is 4.79 Å². The molecular formula is C22H18FN3OS. The average molecular weight is 391 g/mol. The Morgan fingerprint density at radius 2 is 1.86 bits per heavy atom. The minimum Gasteiger partial charge on any atom is -0.299 e. The Labute approximate surface area is 166 Å². The SMILES string of the molecule is CC(C)c1nn(-c2nc3ccccc3s2)c(-c2ccc(F)cc2)c1/C=C/C=O. The van der Waals surface area contributed by atoms with Gasteiger partial charge in [0.25, 0.3) is 0 Å². The summed E-state index contributed by atoms with van der Waals surface area (Å²) in [5.74, 6) is -0.162. The molecular weight excluding hydrogens is 373 g/mol. The van der Waals surface area contributed by atoms with Crippen LogP contribution in [0.3, 0.4) is 0 Å². The summed E-state index contributed by atoms with van der Waals surface area (Å²) in [7, 11) is 0. The molecule has 0 unspecified atom stereocenters. The van der Waals surface area contributed by atoms with Gasteiger partial charge in [0.15, 0.2) is 0 Å². The Hall–Kier alpha value is -3.12. The lowest BCUT2D eigenvalue weighted by Crippen LogP contribution is -1.99. The zero-order valence-electron chi connectivity index (χ0n) is 15.5. The van der Waals surface area contributed by atoms with Crippen LogP contribution in [0.4, 0.5) is 4.39 Å². The molecule has 4 aromatic rings. The summed E-state index contributed by atoms with van der Waals surface area (Å²) in [5, 5.41) is 5.56. The lowest BCUT2D eigenvalue weighted by atomic mass is 10.00. The van der Waals surface area contributed by atoms with Gasteiger partial charge in [-0.2, -0.15) is 5.10 Å². The van der Waals surface area contributed by atoms with Gasteiger partial charge in [-0.1, -0.05) is 37.3 Å². The number of hydrogen-bond donors (Lipinski definition) is 0. The zero-order chi connectivity index (χ0) is 19.7. The van der Waals surface area contributed by atoms with Crippen LogP contribution in [0.15, 0.2) is 54.6 Å². The number of aldehydes is 1. The summed E-state index contributed by atoms with van der Waals surface area (Å²) in [6.45, 7) is 4.11. The van der Waals surface area contributed by atoms with Crippen molar-refractivity contribution in [3.63, 3.8) is 0 Å². The number of fused-ring (bicyclic) bond motifs is 1. The highest BCUT2D eigenvalue weighted by molar-refractivity contribution is 7.20. The molecule has 0 spiro atoms. The molecule has 0 amide bonds. The standard InChI is InChI=1S/C22H18FN3OS/c1-14(2)20-17(6-5-13-27)21(15-9-11-16(23)12-10-15)26(25-20)22-24-18-7-3-4-8-19(18)28-22/h3-14H,1-2H3/b6-5+. The molecule has 2 aromatic carbocycles. The van der Waals surface area contributed by atoms with E-state index in [-0.39, 0.29) is 11.7 Å². The second-order valence-electron chi connectivity index (χ2n) is 6.68. The van der Waals surface area contributed by atoms with Gasteiger partial charge >= 0.3 is 0 Å². The van der Waals surface area contributed by atoms with Crippen LogP contribution in [0, 0.1) is 5.82 Å². The molecule has 0 aliphatic carbocycles. The topological polar surface area (TPSA) is 47.8 Å². The molecule has 0 atom stereocenters. The molecule has 4 nitrogen and oxygen atoms in total. The molecule has 0 radical (unpaired) electrons. The van der Waals surface area contributed by atoms with E-state index in [1.54, 1.807) is 34.2 Å². The van der Waals surface area contributed by atoms with E-state index in [2.05, 4.69) is 13.8 Å². The van der Waals surface area contributed by atoms with Gasteiger partial charge in [-0.25, -0.2) is 14.1 Å². The van der Waals surface area contributed by atoms with E-state index in [4.69, 9.17) is 10.1 Å². The maximum Gasteiger partial charge on any atom is 0.212 e. The molecule has 4 rings (SSSR count). The summed E-state index contributed by atoms with van der Waals surface area (Å²) in [4.78, 5) is 15.7. The van der Waals surface area contributed by atoms with E-state index >= 15 is 0 Å². The second kappa shape index (κ2) is 7.48. The van der Waals surface area contributed by atoms with Crippen molar-refractivity contribution in [2.75, 3.05) is 0 Å². The molecule has 0 saturated carbocycles. The average Bonchev–Trinajstić information content (AvgIpc) is 3.28. The van der Waals surface area contributed by atoms with Gasteiger partial charge < -0.3 is 0 Å². The van der Waals surface area contributed by atoms with Crippen LogP contribution < -0.4 is 0 Å². The molecule has 2 heterocycles. The molecule has 0 saturated heterocycles. The molecule has 6 heteroatoms. The lowest BCUT2D eigenvalue weighted by molar-refractivity contribution is -0.104. The summed E-state index contributed by atoms with van der Waals surface area (Å²) in [6, 6.07) is 14.2. The third-order valence-electron chi connectivity index (χ3n) is 4.42. The van der Waals surface area contributed by atoms with Gasteiger partial charge in [0, 0.05) is 11.1 Å². The summed E-state index contributed by atoms with van der Waals surface area (Å²) >= 11 is 1.54. The first-order valence-corrected chi connectivity index (χ1v) is 9.76. The zero-order valence-corrected chi connectivity index (χ0v) is 16.3. The fourth-order valence-corrected chi connectivity index (χ4v) is 4.07. The number of benzene rings is 2. The number of nitrogens with zero attached hydrogens (tertiary/aromatic N) is 3. The van der Waals surface area contributed by atoms with Crippen LogP contribution in [0.25, 0.3) is 32.7 Å². The molecule has 0 bridgehead atoms. The van der Waals surface area contributed by atoms with Crippen LogP contribution in [0.5, 0.6) is 0 Å². The van der Waals surface area contributed by atoms with E-state index in [0.29, 0.717) is 0 Å². The number of aromatic nitrogens is 3. The molecule has 2 aromatic heterocycles. The second-order valence-corrected chi connectivity index (χ2v) is 7.69. The van der Waals surface area contributed by atoms with Crippen molar-refractivity contribution in [3.05, 3.63) is 71.7 Å². The Kier molecular flexibility index (Phi) is 4.88. The molecule has 0 N–H and O–H groups in total. The van der Waals surface area contributed by atoms with Crippen molar-refractivity contribution in [1.29, 1.82) is 0 Å². The van der Waals surface area contributed by atoms with E-state index in [1.165, 1.54) is 18.2 Å². The highest BCUT2D eigenvalue weighted by atomic mass is 32.1. The third-order valence-corrected chi connectivity index (χ3v) is 5.43. The molecule has 0 aliphatic heterocycles. The van der Waals surface area contributed by atoms with Gasteiger partial charge in [0.05, 0.1) is 21.6 Å². The molecule has 140 valence electrons. The molecule has 28 heavy (non-hydrogen) atoms. The minimum absolute atomic E-state index is 0.140. The number of thiazole rings is 1. The van der Waals surface area contributed by atoms with Gasteiger partial charge in [0.1, 0.15) is 12.1 Å². The summed E-state index contributed by atoms with van der Waals surface area (Å²) < 4.78 is 16.4. The summed E-state index contributed by atoms with van der Waals surface area (Å²) in [6.07, 6.45) is 3.96. The maximum atomic E-state index is 13.5. The number of allylic oxidation sites excluding steroid dienone is 1. The molecule has 0 fully saturated rings. The monoisotopic (exact) mass is 391 g/mol. The van der Waals surface area contributed by atoms with Gasteiger partial charge in [-0.3, -0.25) is 4.79 Å². The number of carbonyl (C=O) groups is 1. The van der Waals surface area contributed by atoms with Crippen LogP contribution >= 0.6 is 11.3 Å².